The molecule has 2 aromatic carbocycles. The fraction of sp³-hybridized carbons (Fsp3) is 0.143. The van der Waals surface area contributed by atoms with Crippen LogP contribution in [0.3, 0.4) is 0 Å². The first-order chi connectivity index (χ1) is 12.5. The lowest BCUT2D eigenvalue weighted by Gasteiger charge is -2.22. The molecule has 0 aromatic heterocycles. The number of ether oxygens (including phenoxy) is 1. The van der Waals surface area contributed by atoms with Gasteiger partial charge in [-0.3, -0.25) is 4.79 Å². The van der Waals surface area contributed by atoms with E-state index in [4.69, 9.17) is 4.74 Å². The van der Waals surface area contributed by atoms with Gasteiger partial charge in [-0.1, -0.05) is 30.4 Å². The number of phenols is 1. The number of nitrogens with zero attached hydrogens (tertiary/aromatic N) is 1. The molecule has 2 aromatic rings. The molecule has 2 rings (SSSR count). The summed E-state index contributed by atoms with van der Waals surface area (Å²) in [6, 6.07) is 11.1. The highest BCUT2D eigenvalue weighted by Gasteiger charge is 2.21. The Balaban J connectivity index is 2.41. The van der Waals surface area contributed by atoms with Crippen LogP contribution < -0.4 is 4.90 Å². The van der Waals surface area contributed by atoms with Crippen molar-refractivity contribution in [3.63, 3.8) is 0 Å². The summed E-state index contributed by atoms with van der Waals surface area (Å²) in [5, 5.41) is 10.4. The zero-order valence-corrected chi connectivity index (χ0v) is 14.6. The topological polar surface area (TPSA) is 66.8 Å². The Morgan fingerprint density at radius 3 is 2.19 bits per heavy atom. The minimum atomic E-state index is -0.604. The van der Waals surface area contributed by atoms with Crippen molar-refractivity contribution in [2.45, 2.75) is 0 Å². The van der Waals surface area contributed by atoms with Crippen molar-refractivity contribution >= 4 is 17.4 Å². The number of ketones is 1. The van der Waals surface area contributed by atoms with Crippen LogP contribution in [-0.4, -0.2) is 37.1 Å². The Hall–Kier alpha value is -3.34. The molecule has 0 atom stereocenters. The Morgan fingerprint density at radius 1 is 1.04 bits per heavy atom. The van der Waals surface area contributed by atoms with Crippen LogP contribution in [0.15, 0.2) is 67.8 Å². The standard InChI is InChI=1S/C21H21NO4/c1-4-12-22(13-5-2)15-10-11-18(19(23)14-15)20(24)16-8-6-7-9-17(16)21(25)26-3/h4-11,14,23H,1-2,12-13H2,3H3. The smallest absolute Gasteiger partial charge is 0.338 e. The van der Waals surface area contributed by atoms with Crippen molar-refractivity contribution in [2.24, 2.45) is 0 Å². The lowest BCUT2D eigenvalue weighted by molar-refractivity contribution is 0.0597. The number of methoxy groups -OCH3 is 1. The molecule has 0 aliphatic rings. The highest BCUT2D eigenvalue weighted by atomic mass is 16.5. The summed E-state index contributed by atoms with van der Waals surface area (Å²) >= 11 is 0. The van der Waals surface area contributed by atoms with Crippen molar-refractivity contribution in [1.82, 2.24) is 0 Å². The van der Waals surface area contributed by atoms with E-state index in [1.54, 1.807) is 36.4 Å². The molecule has 26 heavy (non-hydrogen) atoms. The van der Waals surface area contributed by atoms with Gasteiger partial charge in [-0.25, -0.2) is 4.79 Å². The summed E-state index contributed by atoms with van der Waals surface area (Å²) < 4.78 is 4.72. The number of rotatable bonds is 8. The van der Waals surface area contributed by atoms with E-state index in [0.29, 0.717) is 13.1 Å². The van der Waals surface area contributed by atoms with Gasteiger partial charge < -0.3 is 14.7 Å². The predicted molar refractivity (Wildman–Crippen MR) is 102 cm³/mol. The Morgan fingerprint density at radius 2 is 1.65 bits per heavy atom. The second kappa shape index (κ2) is 8.67. The second-order valence-electron chi connectivity index (χ2n) is 5.55. The van der Waals surface area contributed by atoms with Crippen LogP contribution in [0.2, 0.25) is 0 Å². The van der Waals surface area contributed by atoms with Gasteiger partial charge in [-0.05, 0) is 18.2 Å². The molecule has 0 saturated heterocycles. The number of hydrogen-bond acceptors (Lipinski definition) is 5. The van der Waals surface area contributed by atoms with Gasteiger partial charge in [0.1, 0.15) is 5.75 Å². The molecular formula is C21H21NO4. The van der Waals surface area contributed by atoms with Gasteiger partial charge in [0.25, 0.3) is 0 Å². The minimum absolute atomic E-state index is 0.113. The average Bonchev–Trinajstić information content (AvgIpc) is 2.66. The van der Waals surface area contributed by atoms with Crippen molar-refractivity contribution < 1.29 is 19.4 Å². The molecule has 0 bridgehead atoms. The molecule has 5 heteroatoms. The van der Waals surface area contributed by atoms with E-state index in [-0.39, 0.29) is 22.4 Å². The van der Waals surface area contributed by atoms with Crippen LogP contribution in [0, 0.1) is 0 Å². The van der Waals surface area contributed by atoms with Crippen LogP contribution in [0.5, 0.6) is 5.75 Å². The second-order valence-corrected chi connectivity index (χ2v) is 5.55. The Bertz CT molecular complexity index is 832. The van der Waals surface area contributed by atoms with Crippen molar-refractivity contribution in [1.29, 1.82) is 0 Å². The first-order valence-corrected chi connectivity index (χ1v) is 8.05. The molecule has 0 aliphatic carbocycles. The van der Waals surface area contributed by atoms with Gasteiger partial charge in [0, 0.05) is 30.4 Å². The third-order valence-electron chi connectivity index (χ3n) is 3.87. The summed E-state index contributed by atoms with van der Waals surface area (Å²) in [5.41, 5.74) is 1.18. The van der Waals surface area contributed by atoms with Gasteiger partial charge in [0.15, 0.2) is 5.78 Å². The molecule has 1 N–H and O–H groups in total. The first-order valence-electron chi connectivity index (χ1n) is 8.05. The van der Waals surface area contributed by atoms with Crippen LogP contribution in [0.25, 0.3) is 0 Å². The predicted octanol–water partition coefficient (Wildman–Crippen LogP) is 3.59. The van der Waals surface area contributed by atoms with E-state index in [0.717, 1.165) is 5.69 Å². The molecule has 0 fully saturated rings. The summed E-state index contributed by atoms with van der Waals surface area (Å²) in [6.45, 7) is 8.57. The average molecular weight is 351 g/mol. The fourth-order valence-electron chi connectivity index (χ4n) is 2.62. The third kappa shape index (κ3) is 4.00. The van der Waals surface area contributed by atoms with Crippen LogP contribution >= 0.6 is 0 Å². The number of carbonyl (C=O) groups excluding carboxylic acids is 2. The summed E-state index contributed by atoms with van der Waals surface area (Å²) in [5.74, 6) is -1.22. The number of esters is 1. The summed E-state index contributed by atoms with van der Waals surface area (Å²) in [4.78, 5) is 26.6. The number of anilines is 1. The van der Waals surface area contributed by atoms with Crippen LogP contribution in [0.4, 0.5) is 5.69 Å². The van der Waals surface area contributed by atoms with Gasteiger partial charge in [0.2, 0.25) is 0 Å². The lowest BCUT2D eigenvalue weighted by atomic mass is 9.97. The van der Waals surface area contributed by atoms with Crippen molar-refractivity contribution in [2.75, 3.05) is 25.1 Å². The summed E-state index contributed by atoms with van der Waals surface area (Å²) in [7, 11) is 1.25. The third-order valence-corrected chi connectivity index (χ3v) is 3.87. The van der Waals surface area contributed by atoms with Crippen LogP contribution in [-0.2, 0) is 4.74 Å². The number of hydrogen-bond donors (Lipinski definition) is 1. The molecule has 0 amide bonds. The zero-order chi connectivity index (χ0) is 19.1. The Labute approximate surface area is 152 Å². The van der Waals surface area contributed by atoms with E-state index >= 15 is 0 Å². The monoisotopic (exact) mass is 351 g/mol. The lowest BCUT2D eigenvalue weighted by Crippen LogP contribution is -2.23. The highest BCUT2D eigenvalue weighted by molar-refractivity contribution is 6.15. The molecule has 5 nitrogen and oxygen atoms in total. The van der Waals surface area contributed by atoms with E-state index in [9.17, 15) is 14.7 Å². The van der Waals surface area contributed by atoms with Crippen molar-refractivity contribution in [3.8, 4) is 5.75 Å². The molecule has 0 saturated carbocycles. The quantitative estimate of drug-likeness (QED) is 0.447. The molecule has 0 heterocycles. The van der Waals surface area contributed by atoms with Crippen molar-refractivity contribution in [3.05, 3.63) is 84.5 Å². The van der Waals surface area contributed by atoms with E-state index in [2.05, 4.69) is 13.2 Å². The maximum atomic E-state index is 12.8. The number of phenolic OH excluding ortho intramolecular Hbond substituents is 1. The van der Waals surface area contributed by atoms with E-state index in [1.807, 2.05) is 4.90 Å². The highest BCUT2D eigenvalue weighted by Crippen LogP contribution is 2.28. The maximum Gasteiger partial charge on any atom is 0.338 e. The first kappa shape index (κ1) is 19.0. The molecule has 134 valence electrons. The van der Waals surface area contributed by atoms with Gasteiger partial charge in [-0.15, -0.1) is 13.2 Å². The molecule has 0 radical (unpaired) electrons. The molecule has 0 spiro atoms. The number of benzene rings is 2. The van der Waals surface area contributed by atoms with E-state index in [1.165, 1.54) is 25.3 Å². The van der Waals surface area contributed by atoms with Gasteiger partial charge >= 0.3 is 5.97 Å². The fourth-order valence-corrected chi connectivity index (χ4v) is 2.62. The zero-order valence-electron chi connectivity index (χ0n) is 14.6. The van der Waals surface area contributed by atoms with Gasteiger partial charge in [0.05, 0.1) is 18.2 Å². The minimum Gasteiger partial charge on any atom is -0.507 e. The maximum absolute atomic E-state index is 12.8. The van der Waals surface area contributed by atoms with Gasteiger partial charge in [-0.2, -0.15) is 0 Å². The Kier molecular flexibility index (Phi) is 6.33. The van der Waals surface area contributed by atoms with E-state index < -0.39 is 11.8 Å². The normalized spacial score (nSPS) is 10.0. The number of aromatic hydroxyl groups is 1. The molecule has 0 unspecified atom stereocenters. The SMILES string of the molecule is C=CCN(CC=C)c1ccc(C(=O)c2ccccc2C(=O)OC)c(O)c1. The molecule has 0 aliphatic heterocycles. The largest absolute Gasteiger partial charge is 0.507 e. The molecular weight excluding hydrogens is 330 g/mol. The summed E-state index contributed by atoms with van der Waals surface area (Å²) in [6.07, 6.45) is 3.48. The number of carbonyl (C=O) groups is 2. The van der Waals surface area contributed by atoms with Crippen LogP contribution in [0.1, 0.15) is 26.3 Å².